The molecule has 0 aromatic rings. The fourth-order valence-electron chi connectivity index (χ4n) is 7.05. The van der Waals surface area contributed by atoms with Crippen LogP contribution < -0.4 is 0 Å². The highest BCUT2D eigenvalue weighted by atomic mass is 16.7. The quantitative estimate of drug-likeness (QED) is 0.0268. The molecule has 0 radical (unpaired) electrons. The first-order valence-corrected chi connectivity index (χ1v) is 26.3. The third kappa shape index (κ3) is 38.2. The number of ether oxygens (including phenoxy) is 4. The van der Waals surface area contributed by atoms with Gasteiger partial charge in [-0.1, -0.05) is 186 Å². The standard InChI is InChI=1S/C59H94O9/c1-3-5-7-9-11-13-15-17-19-21-23-25-26-27-28-29-30-32-34-36-38-40-42-44-46-48-55(61)67-53(52-66-59-58(64)57(63)56(62)54(50-60)68-59)51-65-49-47-45-43-41-39-37-35-33-31-24-22-20-18-16-14-12-10-8-6-4-2/h5-8,11-14,17-20,23-25,27-28,30-32,36,38,53-54,56-60,62-64H,3-4,9-10,15-16,21-22,26,29,33-35,37,39-52H2,1-2H3/b7-5-,8-6-,13-11-,14-12-,19-17-,20-18-,25-23-,28-27-,31-24-,32-30-,38-36-. The third-order valence-corrected chi connectivity index (χ3v) is 11.1. The number of carbonyl (C=O) groups is 1. The Morgan fingerprint density at radius 3 is 1.28 bits per heavy atom. The second kappa shape index (κ2) is 48.4. The Morgan fingerprint density at radius 2 is 0.853 bits per heavy atom. The molecule has 9 heteroatoms. The van der Waals surface area contributed by atoms with Gasteiger partial charge in [-0.05, 0) is 109 Å². The molecular weight excluding hydrogens is 853 g/mol. The molecule has 0 amide bonds. The zero-order valence-corrected chi connectivity index (χ0v) is 42.3. The number of carbonyl (C=O) groups excluding carboxylic acids is 1. The molecule has 1 heterocycles. The lowest BCUT2D eigenvalue weighted by molar-refractivity contribution is -0.305. The average Bonchev–Trinajstić information content (AvgIpc) is 3.34. The number of esters is 1. The van der Waals surface area contributed by atoms with Crippen LogP contribution in [0.2, 0.25) is 0 Å². The van der Waals surface area contributed by atoms with Crippen LogP contribution in [0.25, 0.3) is 0 Å². The number of allylic oxidation sites excluding steroid dienone is 22. The van der Waals surface area contributed by atoms with Gasteiger partial charge in [0.1, 0.15) is 30.5 Å². The van der Waals surface area contributed by atoms with Crippen molar-refractivity contribution < 1.29 is 44.2 Å². The molecule has 1 aliphatic heterocycles. The molecule has 68 heavy (non-hydrogen) atoms. The summed E-state index contributed by atoms with van der Waals surface area (Å²) < 4.78 is 22.9. The average molecular weight is 947 g/mol. The van der Waals surface area contributed by atoms with Crippen molar-refractivity contribution in [3.05, 3.63) is 134 Å². The molecule has 6 unspecified atom stereocenters. The van der Waals surface area contributed by atoms with Crippen molar-refractivity contribution in [3.8, 4) is 0 Å². The van der Waals surface area contributed by atoms with Crippen molar-refractivity contribution in [2.75, 3.05) is 26.4 Å². The van der Waals surface area contributed by atoms with Gasteiger partial charge in [-0.2, -0.15) is 0 Å². The van der Waals surface area contributed by atoms with Crippen LogP contribution in [0.15, 0.2) is 134 Å². The van der Waals surface area contributed by atoms with E-state index in [1.54, 1.807) is 0 Å². The Labute approximate surface area is 413 Å². The summed E-state index contributed by atoms with van der Waals surface area (Å²) in [7, 11) is 0. The SMILES string of the molecule is CC/C=C\C/C=C\C/C=C\C/C=C\C/C=C\C/C=C\C/C=C\CCCCCC(=O)OC(COCCCCCCCCC/C=C\C/C=C\C/C=C\C/C=C\CC)COC1OC(CO)C(O)C(O)C1O. The van der Waals surface area contributed by atoms with E-state index in [0.29, 0.717) is 13.0 Å². The summed E-state index contributed by atoms with van der Waals surface area (Å²) in [6.07, 6.45) is 64.8. The van der Waals surface area contributed by atoms with Gasteiger partial charge in [0.15, 0.2) is 6.29 Å². The van der Waals surface area contributed by atoms with E-state index >= 15 is 0 Å². The maximum atomic E-state index is 12.9. The number of unbranched alkanes of at least 4 members (excludes halogenated alkanes) is 10. The third-order valence-electron chi connectivity index (χ3n) is 11.1. The molecule has 0 bridgehead atoms. The first-order valence-electron chi connectivity index (χ1n) is 26.3. The van der Waals surface area contributed by atoms with Crippen molar-refractivity contribution in [2.45, 2.75) is 205 Å². The normalized spacial score (nSPS) is 20.2. The fraction of sp³-hybridized carbons (Fsp3) is 0.610. The topological polar surface area (TPSA) is 135 Å². The molecule has 1 saturated heterocycles. The summed E-state index contributed by atoms with van der Waals surface area (Å²) >= 11 is 0. The van der Waals surface area contributed by atoms with E-state index in [1.807, 2.05) is 0 Å². The molecule has 6 atom stereocenters. The molecule has 0 saturated carbocycles. The summed E-state index contributed by atoms with van der Waals surface area (Å²) in [6, 6.07) is 0. The maximum absolute atomic E-state index is 12.9. The summed E-state index contributed by atoms with van der Waals surface area (Å²) in [5.41, 5.74) is 0. The molecule has 0 aromatic carbocycles. The smallest absolute Gasteiger partial charge is 0.306 e. The van der Waals surface area contributed by atoms with Crippen molar-refractivity contribution >= 4 is 5.97 Å². The zero-order chi connectivity index (χ0) is 49.2. The second-order valence-electron chi connectivity index (χ2n) is 17.2. The number of hydrogen-bond donors (Lipinski definition) is 4. The van der Waals surface area contributed by atoms with Gasteiger partial charge in [0, 0.05) is 13.0 Å². The highest BCUT2D eigenvalue weighted by Gasteiger charge is 2.44. The van der Waals surface area contributed by atoms with Crippen LogP contribution in [0.5, 0.6) is 0 Å². The number of aliphatic hydroxyl groups excluding tert-OH is 4. The predicted octanol–water partition coefficient (Wildman–Crippen LogP) is 13.3. The lowest BCUT2D eigenvalue weighted by atomic mass is 9.99. The molecule has 0 aromatic heterocycles. The van der Waals surface area contributed by atoms with Crippen LogP contribution in [-0.4, -0.2) is 89.6 Å². The first-order chi connectivity index (χ1) is 33.4. The van der Waals surface area contributed by atoms with Gasteiger partial charge in [0.2, 0.25) is 0 Å². The Hall–Kier alpha value is -3.67. The van der Waals surface area contributed by atoms with Crippen LogP contribution in [0, 0.1) is 0 Å². The van der Waals surface area contributed by atoms with Gasteiger partial charge >= 0.3 is 5.97 Å². The highest BCUT2D eigenvalue weighted by molar-refractivity contribution is 5.69. The minimum atomic E-state index is -1.56. The van der Waals surface area contributed by atoms with E-state index in [2.05, 4.69) is 148 Å². The van der Waals surface area contributed by atoms with Crippen molar-refractivity contribution in [1.29, 1.82) is 0 Å². The minimum Gasteiger partial charge on any atom is -0.457 e. The van der Waals surface area contributed by atoms with Crippen LogP contribution in [-0.2, 0) is 23.7 Å². The molecular formula is C59H94O9. The molecule has 9 nitrogen and oxygen atoms in total. The minimum absolute atomic E-state index is 0.113. The van der Waals surface area contributed by atoms with Crippen LogP contribution in [0.4, 0.5) is 0 Å². The molecule has 1 rings (SSSR count). The van der Waals surface area contributed by atoms with Crippen LogP contribution in [0.1, 0.15) is 168 Å². The molecule has 0 spiro atoms. The lowest BCUT2D eigenvalue weighted by Gasteiger charge is -2.39. The Balaban J connectivity index is 2.27. The number of hydrogen-bond acceptors (Lipinski definition) is 9. The monoisotopic (exact) mass is 947 g/mol. The summed E-state index contributed by atoms with van der Waals surface area (Å²) in [5, 5.41) is 40.3. The first kappa shape index (κ1) is 62.3. The summed E-state index contributed by atoms with van der Waals surface area (Å²) in [4.78, 5) is 12.9. The van der Waals surface area contributed by atoms with E-state index in [4.69, 9.17) is 18.9 Å². The van der Waals surface area contributed by atoms with Crippen molar-refractivity contribution in [2.24, 2.45) is 0 Å². The van der Waals surface area contributed by atoms with Gasteiger partial charge in [0.25, 0.3) is 0 Å². The van der Waals surface area contributed by atoms with Crippen LogP contribution >= 0.6 is 0 Å². The van der Waals surface area contributed by atoms with E-state index in [-0.39, 0.29) is 25.6 Å². The molecule has 384 valence electrons. The highest BCUT2D eigenvalue weighted by Crippen LogP contribution is 2.22. The summed E-state index contributed by atoms with van der Waals surface area (Å²) in [6.45, 7) is 4.24. The predicted molar refractivity (Wildman–Crippen MR) is 283 cm³/mol. The van der Waals surface area contributed by atoms with E-state index in [1.165, 1.54) is 25.7 Å². The Bertz CT molecular complexity index is 1500. The van der Waals surface area contributed by atoms with E-state index < -0.39 is 43.4 Å². The van der Waals surface area contributed by atoms with Gasteiger partial charge in [-0.3, -0.25) is 4.79 Å². The maximum Gasteiger partial charge on any atom is 0.306 e. The number of aliphatic hydroxyl groups is 4. The fourth-order valence-corrected chi connectivity index (χ4v) is 7.05. The van der Waals surface area contributed by atoms with Gasteiger partial charge in [0.05, 0.1) is 19.8 Å². The van der Waals surface area contributed by atoms with Crippen LogP contribution in [0.3, 0.4) is 0 Å². The Morgan fingerprint density at radius 1 is 0.471 bits per heavy atom. The molecule has 1 aliphatic rings. The zero-order valence-electron chi connectivity index (χ0n) is 42.3. The Kier molecular flexibility index (Phi) is 44.3. The second-order valence-corrected chi connectivity index (χ2v) is 17.2. The van der Waals surface area contributed by atoms with E-state index in [0.717, 1.165) is 116 Å². The van der Waals surface area contributed by atoms with Crippen molar-refractivity contribution in [3.63, 3.8) is 0 Å². The van der Waals surface area contributed by atoms with Gasteiger partial charge < -0.3 is 39.4 Å². The molecule has 0 aliphatic carbocycles. The summed E-state index contributed by atoms with van der Waals surface area (Å²) in [5.74, 6) is -0.355. The van der Waals surface area contributed by atoms with Gasteiger partial charge in [-0.15, -0.1) is 0 Å². The molecule has 1 fully saturated rings. The van der Waals surface area contributed by atoms with Crippen molar-refractivity contribution in [1.82, 2.24) is 0 Å². The van der Waals surface area contributed by atoms with Gasteiger partial charge in [-0.25, -0.2) is 0 Å². The molecule has 4 N–H and O–H groups in total. The van der Waals surface area contributed by atoms with E-state index in [9.17, 15) is 25.2 Å². The lowest BCUT2D eigenvalue weighted by Crippen LogP contribution is -2.59. The largest absolute Gasteiger partial charge is 0.457 e. The number of rotatable bonds is 43.